The molecule has 1 unspecified atom stereocenters. The minimum Gasteiger partial charge on any atom is -0.334 e. The number of hydrogen-bond acceptors (Lipinski definition) is 2. The summed E-state index contributed by atoms with van der Waals surface area (Å²) in [5.41, 5.74) is 1.02. The van der Waals surface area contributed by atoms with Crippen LogP contribution in [0.15, 0.2) is 24.4 Å². The van der Waals surface area contributed by atoms with E-state index >= 15 is 0 Å². The highest BCUT2D eigenvalue weighted by Gasteiger charge is 2.29. The Morgan fingerprint density at radius 3 is 3.13 bits per heavy atom. The van der Waals surface area contributed by atoms with E-state index in [9.17, 15) is 4.79 Å². The van der Waals surface area contributed by atoms with E-state index in [1.807, 2.05) is 30.0 Å². The van der Waals surface area contributed by atoms with Crippen LogP contribution in [0.3, 0.4) is 0 Å². The fourth-order valence-electron chi connectivity index (χ4n) is 2.15. The van der Waals surface area contributed by atoms with Crippen molar-refractivity contribution in [3.8, 4) is 0 Å². The predicted molar refractivity (Wildman–Crippen MR) is 58.2 cm³/mol. The van der Waals surface area contributed by atoms with Crippen molar-refractivity contribution in [2.75, 3.05) is 6.54 Å². The van der Waals surface area contributed by atoms with Gasteiger partial charge in [-0.25, -0.2) is 0 Å². The Balaban J connectivity index is 2.18. The molecule has 1 fully saturated rings. The summed E-state index contributed by atoms with van der Waals surface area (Å²) in [5, 5.41) is 0. The second-order valence-corrected chi connectivity index (χ2v) is 3.85. The summed E-state index contributed by atoms with van der Waals surface area (Å²) in [5.74, 6) is 0.239. The van der Waals surface area contributed by atoms with Crippen LogP contribution in [0, 0.1) is 0 Å². The summed E-state index contributed by atoms with van der Waals surface area (Å²) < 4.78 is 0. The number of pyridine rings is 1. The molecule has 3 nitrogen and oxygen atoms in total. The lowest BCUT2D eigenvalue weighted by Gasteiger charge is -2.23. The van der Waals surface area contributed by atoms with Crippen LogP contribution in [-0.4, -0.2) is 22.3 Å². The summed E-state index contributed by atoms with van der Waals surface area (Å²) in [6.45, 7) is 2.80. The Kier molecular flexibility index (Phi) is 2.99. The molecule has 0 saturated carbocycles. The van der Waals surface area contributed by atoms with Crippen LogP contribution in [0.5, 0.6) is 0 Å². The number of amides is 1. The largest absolute Gasteiger partial charge is 0.334 e. The van der Waals surface area contributed by atoms with Gasteiger partial charge in [0.1, 0.15) is 0 Å². The van der Waals surface area contributed by atoms with Crippen molar-refractivity contribution in [1.29, 1.82) is 0 Å². The van der Waals surface area contributed by atoms with Crippen molar-refractivity contribution >= 4 is 5.91 Å². The zero-order valence-corrected chi connectivity index (χ0v) is 9.02. The van der Waals surface area contributed by atoms with Crippen molar-refractivity contribution in [3.05, 3.63) is 30.1 Å². The molecule has 0 aromatic carbocycles. The van der Waals surface area contributed by atoms with E-state index in [1.54, 1.807) is 6.20 Å². The second kappa shape index (κ2) is 4.43. The molecule has 80 valence electrons. The van der Waals surface area contributed by atoms with Gasteiger partial charge in [-0.1, -0.05) is 13.0 Å². The first-order valence-corrected chi connectivity index (χ1v) is 5.53. The normalized spacial score (nSPS) is 20.6. The highest BCUT2D eigenvalue weighted by atomic mass is 16.2. The van der Waals surface area contributed by atoms with Gasteiger partial charge in [-0.3, -0.25) is 9.78 Å². The van der Waals surface area contributed by atoms with Gasteiger partial charge < -0.3 is 4.90 Å². The molecule has 1 aliphatic rings. The van der Waals surface area contributed by atoms with E-state index in [-0.39, 0.29) is 11.9 Å². The predicted octanol–water partition coefficient (Wildman–Crippen LogP) is 2.16. The van der Waals surface area contributed by atoms with Crippen molar-refractivity contribution in [2.24, 2.45) is 0 Å². The molecular formula is C12H16N2O. The van der Waals surface area contributed by atoms with E-state index in [4.69, 9.17) is 0 Å². The number of hydrogen-bond donors (Lipinski definition) is 0. The molecule has 3 heteroatoms. The maximum absolute atomic E-state index is 11.7. The van der Waals surface area contributed by atoms with Crippen LogP contribution in [0.4, 0.5) is 0 Å². The summed E-state index contributed by atoms with van der Waals surface area (Å²) in [6, 6.07) is 6.10. The van der Waals surface area contributed by atoms with Crippen molar-refractivity contribution in [2.45, 2.75) is 32.2 Å². The highest BCUT2D eigenvalue weighted by Crippen LogP contribution is 2.30. The Hall–Kier alpha value is -1.38. The maximum Gasteiger partial charge on any atom is 0.222 e. The van der Waals surface area contributed by atoms with E-state index in [0.717, 1.165) is 25.1 Å². The molecule has 1 aromatic heterocycles. The number of aromatic nitrogens is 1. The van der Waals surface area contributed by atoms with Gasteiger partial charge in [0.25, 0.3) is 0 Å². The zero-order valence-electron chi connectivity index (χ0n) is 9.02. The second-order valence-electron chi connectivity index (χ2n) is 3.85. The summed E-state index contributed by atoms with van der Waals surface area (Å²) in [7, 11) is 0. The Morgan fingerprint density at radius 2 is 2.47 bits per heavy atom. The molecule has 1 aliphatic heterocycles. The first-order valence-electron chi connectivity index (χ1n) is 5.53. The molecule has 2 rings (SSSR count). The van der Waals surface area contributed by atoms with Crippen LogP contribution in [0.1, 0.15) is 37.9 Å². The van der Waals surface area contributed by atoms with Crippen LogP contribution < -0.4 is 0 Å². The van der Waals surface area contributed by atoms with E-state index < -0.39 is 0 Å². The summed E-state index contributed by atoms with van der Waals surface area (Å²) >= 11 is 0. The molecule has 0 N–H and O–H groups in total. The van der Waals surface area contributed by atoms with Crippen LogP contribution in [0.25, 0.3) is 0 Å². The third kappa shape index (κ3) is 2.01. The lowest BCUT2D eigenvalue weighted by Crippen LogP contribution is -2.30. The van der Waals surface area contributed by atoms with Crippen LogP contribution in [-0.2, 0) is 4.79 Å². The molecule has 1 atom stereocenters. The van der Waals surface area contributed by atoms with Crippen LogP contribution in [0.2, 0.25) is 0 Å². The maximum atomic E-state index is 11.7. The van der Waals surface area contributed by atoms with Crippen LogP contribution >= 0.6 is 0 Å². The number of rotatable bonds is 2. The highest BCUT2D eigenvalue weighted by molar-refractivity contribution is 5.76. The SMILES string of the molecule is CCC(=O)N1CCCC1c1ccccn1. The van der Waals surface area contributed by atoms with E-state index in [2.05, 4.69) is 4.98 Å². The van der Waals surface area contributed by atoms with Gasteiger partial charge in [-0.2, -0.15) is 0 Å². The number of carbonyl (C=O) groups excluding carboxylic acids is 1. The first kappa shape index (κ1) is 10.1. The van der Waals surface area contributed by atoms with Gasteiger partial charge >= 0.3 is 0 Å². The molecule has 0 bridgehead atoms. The monoisotopic (exact) mass is 204 g/mol. The quantitative estimate of drug-likeness (QED) is 0.739. The van der Waals surface area contributed by atoms with E-state index in [1.165, 1.54) is 0 Å². The van der Waals surface area contributed by atoms with Gasteiger partial charge in [-0.05, 0) is 25.0 Å². The van der Waals surface area contributed by atoms with E-state index in [0.29, 0.717) is 6.42 Å². The average Bonchev–Trinajstić information content (AvgIpc) is 2.78. The Bertz CT molecular complexity index is 337. The fourth-order valence-corrected chi connectivity index (χ4v) is 2.15. The van der Waals surface area contributed by atoms with Gasteiger partial charge in [0.05, 0.1) is 11.7 Å². The minimum atomic E-state index is 0.207. The van der Waals surface area contributed by atoms with Gasteiger partial charge in [-0.15, -0.1) is 0 Å². The fraction of sp³-hybridized carbons (Fsp3) is 0.500. The van der Waals surface area contributed by atoms with Crippen molar-refractivity contribution in [1.82, 2.24) is 9.88 Å². The Morgan fingerprint density at radius 1 is 1.60 bits per heavy atom. The molecule has 1 aromatic rings. The Labute approximate surface area is 90.1 Å². The third-order valence-corrected chi connectivity index (χ3v) is 2.90. The first-order chi connectivity index (χ1) is 7.33. The summed E-state index contributed by atoms with van der Waals surface area (Å²) in [4.78, 5) is 18.0. The lowest BCUT2D eigenvalue weighted by atomic mass is 10.1. The minimum absolute atomic E-state index is 0.207. The molecule has 0 radical (unpaired) electrons. The van der Waals surface area contributed by atoms with Crippen molar-refractivity contribution < 1.29 is 4.79 Å². The number of carbonyl (C=O) groups is 1. The standard InChI is InChI=1S/C12H16N2O/c1-2-12(15)14-9-5-7-11(14)10-6-3-4-8-13-10/h3-4,6,8,11H,2,5,7,9H2,1H3. The molecule has 1 saturated heterocycles. The van der Waals surface area contributed by atoms with Crippen molar-refractivity contribution in [3.63, 3.8) is 0 Å². The average molecular weight is 204 g/mol. The molecular weight excluding hydrogens is 188 g/mol. The lowest BCUT2D eigenvalue weighted by molar-refractivity contribution is -0.131. The smallest absolute Gasteiger partial charge is 0.222 e. The summed E-state index contributed by atoms with van der Waals surface area (Å²) in [6.07, 6.45) is 4.52. The molecule has 0 aliphatic carbocycles. The third-order valence-electron chi connectivity index (χ3n) is 2.90. The number of likely N-dealkylation sites (tertiary alicyclic amines) is 1. The molecule has 1 amide bonds. The molecule has 15 heavy (non-hydrogen) atoms. The molecule has 2 heterocycles. The topological polar surface area (TPSA) is 33.2 Å². The molecule has 0 spiro atoms. The van der Waals surface area contributed by atoms with Gasteiger partial charge in [0.15, 0.2) is 0 Å². The van der Waals surface area contributed by atoms with Gasteiger partial charge in [0.2, 0.25) is 5.91 Å². The van der Waals surface area contributed by atoms with Gasteiger partial charge in [0, 0.05) is 19.2 Å². The zero-order chi connectivity index (χ0) is 10.7. The number of nitrogens with zero attached hydrogens (tertiary/aromatic N) is 2.